The zero-order valence-corrected chi connectivity index (χ0v) is 17.0. The van der Waals surface area contributed by atoms with Crippen molar-refractivity contribution in [2.24, 2.45) is 0 Å². The predicted octanol–water partition coefficient (Wildman–Crippen LogP) is 3.43. The van der Waals surface area contributed by atoms with Gasteiger partial charge in [-0.2, -0.15) is 0 Å². The van der Waals surface area contributed by atoms with Crippen LogP contribution in [0.3, 0.4) is 0 Å². The van der Waals surface area contributed by atoms with Crippen LogP contribution in [-0.4, -0.2) is 42.0 Å². The largest absolute Gasteiger partial charge is 0.353 e. The fourth-order valence-electron chi connectivity index (χ4n) is 4.42. The number of benzene rings is 2. The molecule has 2 aliphatic heterocycles. The van der Waals surface area contributed by atoms with E-state index in [0.29, 0.717) is 12.1 Å². The molecule has 1 amide bonds. The summed E-state index contributed by atoms with van der Waals surface area (Å²) >= 11 is 0. The monoisotopic (exact) mass is 398 g/mol. The molecule has 5 nitrogen and oxygen atoms in total. The quantitative estimate of drug-likeness (QED) is 0.734. The van der Waals surface area contributed by atoms with Gasteiger partial charge in [0.25, 0.3) is 5.91 Å². The van der Waals surface area contributed by atoms with Crippen LogP contribution < -0.4 is 10.2 Å². The number of nitrogens with one attached hydrogen (secondary N) is 1. The smallest absolute Gasteiger partial charge is 0.255 e. The molecule has 3 aromatic rings. The van der Waals surface area contributed by atoms with Gasteiger partial charge in [0.15, 0.2) is 0 Å². The van der Waals surface area contributed by atoms with Gasteiger partial charge in [-0.25, -0.2) is 4.98 Å². The van der Waals surface area contributed by atoms with E-state index in [1.165, 1.54) is 16.7 Å². The molecule has 1 N–H and O–H groups in total. The van der Waals surface area contributed by atoms with E-state index in [0.717, 1.165) is 38.4 Å². The minimum absolute atomic E-state index is 0.0611. The summed E-state index contributed by atoms with van der Waals surface area (Å²) in [5.74, 6) is 0.990. The number of aromatic nitrogens is 1. The highest BCUT2D eigenvalue weighted by Crippen LogP contribution is 2.23. The maximum atomic E-state index is 13.0. The first-order valence-corrected chi connectivity index (χ1v) is 10.6. The van der Waals surface area contributed by atoms with Gasteiger partial charge in [-0.05, 0) is 35.2 Å². The molecule has 1 atom stereocenters. The molecule has 5 rings (SSSR count). The Hall–Kier alpha value is -3.18. The summed E-state index contributed by atoms with van der Waals surface area (Å²) in [4.78, 5) is 21.9. The van der Waals surface area contributed by atoms with E-state index in [9.17, 15) is 4.79 Å². The lowest BCUT2D eigenvalue weighted by molar-refractivity contribution is 0.0734. The molecule has 30 heavy (non-hydrogen) atoms. The fraction of sp³-hybridized carbons (Fsp3) is 0.280. The molecule has 2 aliphatic rings. The molecule has 1 saturated heterocycles. The first-order valence-electron chi connectivity index (χ1n) is 10.6. The van der Waals surface area contributed by atoms with Crippen molar-refractivity contribution in [2.45, 2.75) is 19.0 Å². The number of amides is 1. The van der Waals surface area contributed by atoms with E-state index in [1.807, 2.05) is 29.2 Å². The summed E-state index contributed by atoms with van der Waals surface area (Å²) < 4.78 is 0. The summed E-state index contributed by atoms with van der Waals surface area (Å²) in [6.07, 6.45) is 2.65. The number of pyridine rings is 1. The van der Waals surface area contributed by atoms with Crippen LogP contribution in [0.1, 0.15) is 33.1 Å². The normalized spacial score (nSPS) is 18.7. The van der Waals surface area contributed by atoms with E-state index < -0.39 is 0 Å². The zero-order chi connectivity index (χ0) is 20.3. The van der Waals surface area contributed by atoms with Gasteiger partial charge < -0.3 is 15.1 Å². The van der Waals surface area contributed by atoms with Gasteiger partial charge in [-0.1, -0.05) is 54.6 Å². The molecule has 1 fully saturated rings. The Kier molecular flexibility index (Phi) is 5.20. The van der Waals surface area contributed by atoms with Crippen LogP contribution in [0.4, 0.5) is 5.82 Å². The Morgan fingerprint density at radius 1 is 0.933 bits per heavy atom. The lowest BCUT2D eigenvalue weighted by Gasteiger charge is -2.35. The first-order chi connectivity index (χ1) is 14.8. The van der Waals surface area contributed by atoms with Crippen LogP contribution >= 0.6 is 0 Å². The Balaban J connectivity index is 1.27. The second kappa shape index (κ2) is 8.28. The number of fused-ring (bicyclic) bond motifs is 1. The maximum absolute atomic E-state index is 13.0. The third-order valence-corrected chi connectivity index (χ3v) is 6.11. The number of rotatable bonds is 3. The molecule has 5 heteroatoms. The van der Waals surface area contributed by atoms with Gasteiger partial charge in [0.05, 0.1) is 5.56 Å². The summed E-state index contributed by atoms with van der Waals surface area (Å²) in [5.41, 5.74) is 4.54. The lowest BCUT2D eigenvalue weighted by atomic mass is 9.99. The third-order valence-electron chi connectivity index (χ3n) is 6.11. The van der Waals surface area contributed by atoms with E-state index >= 15 is 0 Å². The second-order valence-electron chi connectivity index (χ2n) is 8.01. The highest BCUT2D eigenvalue weighted by atomic mass is 16.2. The average Bonchev–Trinajstić information content (AvgIpc) is 2.84. The molecule has 1 aromatic heterocycles. The van der Waals surface area contributed by atoms with Gasteiger partial charge >= 0.3 is 0 Å². The predicted molar refractivity (Wildman–Crippen MR) is 119 cm³/mol. The van der Waals surface area contributed by atoms with Crippen LogP contribution in [0.5, 0.6) is 0 Å². The Morgan fingerprint density at radius 2 is 1.73 bits per heavy atom. The lowest BCUT2D eigenvalue weighted by Crippen LogP contribution is -2.46. The molecule has 0 unspecified atom stereocenters. The summed E-state index contributed by atoms with van der Waals surface area (Å²) in [6, 6.07) is 23.1. The first kappa shape index (κ1) is 18.8. The van der Waals surface area contributed by atoms with Crippen molar-refractivity contribution in [3.63, 3.8) is 0 Å². The molecule has 2 aromatic carbocycles. The van der Waals surface area contributed by atoms with Crippen molar-refractivity contribution in [3.8, 4) is 0 Å². The van der Waals surface area contributed by atoms with Crippen LogP contribution in [0.2, 0.25) is 0 Å². The Labute approximate surface area is 177 Å². The summed E-state index contributed by atoms with van der Waals surface area (Å²) in [5, 5.41) is 3.59. The van der Waals surface area contributed by atoms with Gasteiger partial charge in [0.2, 0.25) is 0 Å². The van der Waals surface area contributed by atoms with Crippen molar-refractivity contribution in [1.82, 2.24) is 15.2 Å². The van der Waals surface area contributed by atoms with Crippen molar-refractivity contribution >= 4 is 11.7 Å². The van der Waals surface area contributed by atoms with Gasteiger partial charge in [-0.3, -0.25) is 4.79 Å². The molecule has 152 valence electrons. The molecule has 0 radical (unpaired) electrons. The molecule has 0 bridgehead atoms. The Morgan fingerprint density at radius 3 is 2.53 bits per heavy atom. The number of nitrogens with zero attached hydrogens (tertiary/aromatic N) is 3. The van der Waals surface area contributed by atoms with Crippen LogP contribution in [0.15, 0.2) is 72.9 Å². The molecular weight excluding hydrogens is 372 g/mol. The van der Waals surface area contributed by atoms with E-state index in [4.69, 9.17) is 0 Å². The Bertz CT molecular complexity index is 1020. The van der Waals surface area contributed by atoms with Crippen molar-refractivity contribution in [3.05, 3.63) is 95.2 Å². The fourth-order valence-corrected chi connectivity index (χ4v) is 4.42. The molecule has 3 heterocycles. The summed E-state index contributed by atoms with van der Waals surface area (Å²) in [7, 11) is 0. The van der Waals surface area contributed by atoms with Gasteiger partial charge in [-0.15, -0.1) is 0 Å². The second-order valence-corrected chi connectivity index (χ2v) is 8.01. The standard InChI is InChI=1S/C25H26N4O/c30-25(29-14-12-19-6-4-5-9-22(19)17-29)21-10-11-24(27-16-21)28-15-13-26-23(18-28)20-7-2-1-3-8-20/h1-11,16,23,26H,12-15,17-18H2/t23-/m1/s1. The average molecular weight is 399 g/mol. The van der Waals surface area contributed by atoms with Crippen molar-refractivity contribution in [1.29, 1.82) is 0 Å². The van der Waals surface area contributed by atoms with E-state index in [-0.39, 0.29) is 11.9 Å². The number of hydrogen-bond donors (Lipinski definition) is 1. The van der Waals surface area contributed by atoms with E-state index in [2.05, 4.69) is 57.7 Å². The minimum atomic E-state index is 0.0611. The number of anilines is 1. The van der Waals surface area contributed by atoms with Gasteiger partial charge in [0, 0.05) is 45.0 Å². The highest BCUT2D eigenvalue weighted by Gasteiger charge is 2.24. The SMILES string of the molecule is O=C(c1ccc(N2CCN[C@@H](c3ccccc3)C2)nc1)N1CCc2ccccc2C1. The number of carbonyl (C=O) groups is 1. The molecule has 0 aliphatic carbocycles. The number of carbonyl (C=O) groups excluding carboxylic acids is 1. The highest BCUT2D eigenvalue weighted by molar-refractivity contribution is 5.94. The maximum Gasteiger partial charge on any atom is 0.255 e. The van der Waals surface area contributed by atoms with Crippen LogP contribution in [0.25, 0.3) is 0 Å². The minimum Gasteiger partial charge on any atom is -0.353 e. The molecule has 0 spiro atoms. The third kappa shape index (κ3) is 3.81. The number of piperazine rings is 1. The summed E-state index contributed by atoms with van der Waals surface area (Å²) in [6.45, 7) is 4.12. The number of hydrogen-bond acceptors (Lipinski definition) is 4. The van der Waals surface area contributed by atoms with Crippen molar-refractivity contribution < 1.29 is 4.79 Å². The van der Waals surface area contributed by atoms with Crippen molar-refractivity contribution in [2.75, 3.05) is 31.1 Å². The van der Waals surface area contributed by atoms with Gasteiger partial charge in [0.1, 0.15) is 5.82 Å². The zero-order valence-electron chi connectivity index (χ0n) is 17.0. The topological polar surface area (TPSA) is 48.5 Å². The molecule has 0 saturated carbocycles. The van der Waals surface area contributed by atoms with E-state index in [1.54, 1.807) is 6.20 Å². The molecular formula is C25H26N4O. The van der Waals surface area contributed by atoms with Crippen LogP contribution in [-0.2, 0) is 13.0 Å². The van der Waals surface area contributed by atoms with Crippen LogP contribution in [0, 0.1) is 0 Å².